The highest BCUT2D eigenvalue weighted by Crippen LogP contribution is 2.26. The quantitative estimate of drug-likeness (QED) is 0.900. The first-order valence-electron chi connectivity index (χ1n) is 6.06. The summed E-state index contributed by atoms with van der Waals surface area (Å²) in [6.07, 6.45) is 0. The number of anilines is 2. The molecule has 0 spiro atoms. The average Bonchev–Trinajstić information content (AvgIpc) is 2.41. The fourth-order valence-corrected chi connectivity index (χ4v) is 1.97. The van der Waals surface area contributed by atoms with Crippen molar-refractivity contribution in [3.8, 4) is 11.8 Å². The van der Waals surface area contributed by atoms with Crippen LogP contribution in [-0.2, 0) is 0 Å². The molecule has 0 aliphatic rings. The van der Waals surface area contributed by atoms with Crippen molar-refractivity contribution in [3.63, 3.8) is 0 Å². The molecule has 0 aromatic heterocycles. The molecule has 0 heterocycles. The summed E-state index contributed by atoms with van der Waals surface area (Å²) in [6.45, 7) is 3.96. The second-order valence-electron chi connectivity index (χ2n) is 4.47. The summed E-state index contributed by atoms with van der Waals surface area (Å²) in [6, 6.07) is 13.8. The zero-order chi connectivity index (χ0) is 13.8. The van der Waals surface area contributed by atoms with Gasteiger partial charge in [-0.1, -0.05) is 6.07 Å². The fourth-order valence-electron chi connectivity index (χ4n) is 1.97. The van der Waals surface area contributed by atoms with Crippen molar-refractivity contribution in [1.82, 2.24) is 0 Å². The molecule has 0 atom stereocenters. The first-order chi connectivity index (χ1) is 9.13. The molecule has 0 bridgehead atoms. The van der Waals surface area contributed by atoms with E-state index in [1.807, 2.05) is 50.2 Å². The van der Waals surface area contributed by atoms with Gasteiger partial charge >= 0.3 is 0 Å². The molecule has 0 fully saturated rings. The molecule has 19 heavy (non-hydrogen) atoms. The maximum absolute atomic E-state index is 9.15. The second-order valence-corrected chi connectivity index (χ2v) is 4.47. The van der Waals surface area contributed by atoms with Crippen LogP contribution in [0.2, 0.25) is 0 Å². The van der Waals surface area contributed by atoms with Crippen molar-refractivity contribution < 1.29 is 4.74 Å². The zero-order valence-corrected chi connectivity index (χ0v) is 11.3. The maximum atomic E-state index is 9.15. The largest absolute Gasteiger partial charge is 0.496 e. The number of nitriles is 1. The normalized spacial score (nSPS) is 9.79. The predicted octanol–water partition coefficient (Wildman–Crippen LogP) is 3.93. The lowest BCUT2D eigenvalue weighted by Gasteiger charge is -2.11. The Kier molecular flexibility index (Phi) is 3.72. The molecule has 2 aromatic carbocycles. The number of ether oxygens (including phenoxy) is 1. The van der Waals surface area contributed by atoms with Gasteiger partial charge in [0, 0.05) is 5.69 Å². The van der Waals surface area contributed by atoms with Crippen LogP contribution < -0.4 is 10.1 Å². The van der Waals surface area contributed by atoms with E-state index in [1.54, 1.807) is 7.11 Å². The molecular formula is C16H16N2O. The molecule has 0 saturated carbocycles. The number of hydrogen-bond acceptors (Lipinski definition) is 3. The number of hydrogen-bond donors (Lipinski definition) is 1. The monoisotopic (exact) mass is 252 g/mol. The Balaban J connectivity index is 2.31. The molecule has 0 aliphatic carbocycles. The van der Waals surface area contributed by atoms with Crippen LogP contribution in [0, 0.1) is 25.2 Å². The Morgan fingerprint density at radius 1 is 1.11 bits per heavy atom. The summed E-state index contributed by atoms with van der Waals surface area (Å²) in [7, 11) is 1.66. The maximum Gasteiger partial charge on any atom is 0.121 e. The van der Waals surface area contributed by atoms with Crippen LogP contribution in [0.25, 0.3) is 0 Å². The number of nitrogens with zero attached hydrogens (tertiary/aromatic N) is 1. The first-order valence-corrected chi connectivity index (χ1v) is 6.06. The van der Waals surface area contributed by atoms with Gasteiger partial charge in [0.25, 0.3) is 0 Å². The number of methoxy groups -OCH3 is 1. The van der Waals surface area contributed by atoms with Crippen LogP contribution in [0.3, 0.4) is 0 Å². The van der Waals surface area contributed by atoms with Gasteiger partial charge in [-0.05, 0) is 55.3 Å². The highest BCUT2D eigenvalue weighted by molar-refractivity contribution is 5.68. The minimum Gasteiger partial charge on any atom is -0.496 e. The van der Waals surface area contributed by atoms with Crippen molar-refractivity contribution in [3.05, 3.63) is 53.1 Å². The van der Waals surface area contributed by atoms with E-state index in [4.69, 9.17) is 10.00 Å². The predicted molar refractivity (Wildman–Crippen MR) is 76.9 cm³/mol. The fraction of sp³-hybridized carbons (Fsp3) is 0.188. The molecule has 0 aliphatic heterocycles. The van der Waals surface area contributed by atoms with Crippen molar-refractivity contribution in [2.24, 2.45) is 0 Å². The summed E-state index contributed by atoms with van der Waals surface area (Å²) in [5.41, 5.74) is 4.54. The van der Waals surface area contributed by atoms with Gasteiger partial charge in [0.1, 0.15) is 11.8 Å². The van der Waals surface area contributed by atoms with Gasteiger partial charge in [0.15, 0.2) is 0 Å². The summed E-state index contributed by atoms with van der Waals surface area (Å²) >= 11 is 0. The van der Waals surface area contributed by atoms with Gasteiger partial charge < -0.3 is 10.1 Å². The molecule has 0 unspecified atom stereocenters. The Labute approximate surface area is 113 Å². The molecule has 96 valence electrons. The topological polar surface area (TPSA) is 45.0 Å². The minimum absolute atomic E-state index is 0.647. The molecule has 2 rings (SSSR count). The van der Waals surface area contributed by atoms with E-state index in [-0.39, 0.29) is 0 Å². The van der Waals surface area contributed by atoms with Gasteiger partial charge in [-0.25, -0.2) is 0 Å². The standard InChI is InChI=1S/C16H16N2O/c1-11-4-6-15(13(8-11)10-17)18-14-5-7-16(19-3)12(2)9-14/h4-9,18H,1-3H3. The average molecular weight is 252 g/mol. The number of nitrogens with one attached hydrogen (secondary N) is 1. The van der Waals surface area contributed by atoms with E-state index in [0.29, 0.717) is 5.56 Å². The van der Waals surface area contributed by atoms with Crippen LogP contribution in [0.4, 0.5) is 11.4 Å². The molecule has 0 radical (unpaired) electrons. The van der Waals surface area contributed by atoms with Crippen LogP contribution in [0.5, 0.6) is 5.75 Å². The van der Waals surface area contributed by atoms with Gasteiger partial charge in [-0.3, -0.25) is 0 Å². The van der Waals surface area contributed by atoms with E-state index in [9.17, 15) is 0 Å². The van der Waals surface area contributed by atoms with E-state index < -0.39 is 0 Å². The van der Waals surface area contributed by atoms with Crippen LogP contribution in [-0.4, -0.2) is 7.11 Å². The molecule has 1 N–H and O–H groups in total. The molecule has 0 amide bonds. The number of benzene rings is 2. The highest BCUT2D eigenvalue weighted by Gasteiger charge is 2.04. The summed E-state index contributed by atoms with van der Waals surface area (Å²) < 4.78 is 5.23. The molecule has 3 nitrogen and oxygen atoms in total. The van der Waals surface area contributed by atoms with Crippen LogP contribution in [0.15, 0.2) is 36.4 Å². The van der Waals surface area contributed by atoms with Gasteiger partial charge in [-0.2, -0.15) is 5.26 Å². The Bertz CT molecular complexity index is 642. The Morgan fingerprint density at radius 2 is 1.89 bits per heavy atom. The summed E-state index contributed by atoms with van der Waals surface area (Å²) in [5.74, 6) is 0.856. The van der Waals surface area contributed by atoms with Crippen molar-refractivity contribution in [2.75, 3.05) is 12.4 Å². The number of aryl methyl sites for hydroxylation is 2. The van der Waals surface area contributed by atoms with E-state index in [0.717, 1.165) is 28.3 Å². The lowest BCUT2D eigenvalue weighted by atomic mass is 10.1. The minimum atomic E-state index is 0.647. The van der Waals surface area contributed by atoms with E-state index in [1.165, 1.54) is 0 Å². The third-order valence-corrected chi connectivity index (χ3v) is 2.97. The molecular weight excluding hydrogens is 236 g/mol. The second kappa shape index (κ2) is 5.45. The first kappa shape index (κ1) is 13.0. The van der Waals surface area contributed by atoms with Crippen molar-refractivity contribution in [2.45, 2.75) is 13.8 Å². The third kappa shape index (κ3) is 2.86. The van der Waals surface area contributed by atoms with Gasteiger partial charge in [0.2, 0.25) is 0 Å². The molecule has 2 aromatic rings. The van der Waals surface area contributed by atoms with Crippen LogP contribution in [0.1, 0.15) is 16.7 Å². The van der Waals surface area contributed by atoms with Crippen molar-refractivity contribution >= 4 is 11.4 Å². The smallest absolute Gasteiger partial charge is 0.121 e. The third-order valence-electron chi connectivity index (χ3n) is 2.97. The van der Waals surface area contributed by atoms with Crippen molar-refractivity contribution in [1.29, 1.82) is 5.26 Å². The Hall–Kier alpha value is -2.47. The zero-order valence-electron chi connectivity index (χ0n) is 11.3. The van der Waals surface area contributed by atoms with Gasteiger partial charge in [0.05, 0.1) is 18.4 Å². The SMILES string of the molecule is COc1ccc(Nc2ccc(C)cc2C#N)cc1C. The highest BCUT2D eigenvalue weighted by atomic mass is 16.5. The number of rotatable bonds is 3. The summed E-state index contributed by atoms with van der Waals surface area (Å²) in [4.78, 5) is 0. The molecule has 0 saturated heterocycles. The Morgan fingerprint density at radius 3 is 2.53 bits per heavy atom. The van der Waals surface area contributed by atoms with Crippen LogP contribution >= 0.6 is 0 Å². The lowest BCUT2D eigenvalue weighted by Crippen LogP contribution is -1.95. The van der Waals surface area contributed by atoms with E-state index in [2.05, 4.69) is 11.4 Å². The lowest BCUT2D eigenvalue weighted by molar-refractivity contribution is 0.412. The van der Waals surface area contributed by atoms with E-state index >= 15 is 0 Å². The van der Waals surface area contributed by atoms with Gasteiger partial charge in [-0.15, -0.1) is 0 Å². The summed E-state index contributed by atoms with van der Waals surface area (Å²) in [5, 5.41) is 12.4. The molecule has 3 heteroatoms.